The Labute approximate surface area is 124 Å². The first-order valence-corrected chi connectivity index (χ1v) is 8.80. The summed E-state index contributed by atoms with van der Waals surface area (Å²) in [6, 6.07) is 0.462. The first kappa shape index (κ1) is 15.5. The fourth-order valence-corrected chi connectivity index (χ4v) is 4.86. The minimum Gasteiger partial charge on any atom is -0.314 e. The Balaban J connectivity index is 1.92. The topological polar surface area (TPSA) is 25.8 Å². The Morgan fingerprint density at radius 1 is 0.850 bits per heavy atom. The van der Waals surface area contributed by atoms with Gasteiger partial charge in [-0.2, -0.15) is 0 Å². The molecule has 2 aliphatic carbocycles. The summed E-state index contributed by atoms with van der Waals surface area (Å²) in [6.07, 6.45) is 9.42. The summed E-state index contributed by atoms with van der Waals surface area (Å²) in [4.78, 5) is 7.35. The van der Waals surface area contributed by atoms with Crippen molar-refractivity contribution in [1.82, 2.24) is 0 Å². The molecular weight excluding hydrogens is 267 g/mol. The molecule has 0 radical (unpaired) electrons. The van der Waals surface area contributed by atoms with Crippen molar-refractivity contribution in [2.75, 3.05) is 6.16 Å². The van der Waals surface area contributed by atoms with Crippen LogP contribution in [0, 0.1) is 30.9 Å². The minimum absolute atomic E-state index is 0.231. The Morgan fingerprint density at radius 3 is 1.55 bits per heavy atom. The molecule has 0 aromatic heterocycles. The van der Waals surface area contributed by atoms with E-state index in [-0.39, 0.29) is 20.5 Å². The highest BCUT2D eigenvalue weighted by Crippen LogP contribution is 2.42. The quantitative estimate of drug-likeness (QED) is 0.537. The molecule has 20 heavy (non-hydrogen) atoms. The largest absolute Gasteiger partial charge is 0.314 e. The van der Waals surface area contributed by atoms with E-state index < -0.39 is 0 Å². The lowest BCUT2D eigenvalue weighted by molar-refractivity contribution is 0.158. The SMILES string of the molecule is [C-]#[N+]C1CCC(C(CP=O)C2CCC([N+]#[C-])CC2)CC1. The van der Waals surface area contributed by atoms with Crippen molar-refractivity contribution in [3.8, 4) is 0 Å². The Morgan fingerprint density at radius 2 is 1.25 bits per heavy atom. The molecule has 0 N–H and O–H groups in total. The molecule has 2 saturated carbocycles. The molecule has 0 aromatic carbocycles. The van der Waals surface area contributed by atoms with Gasteiger partial charge < -0.3 is 9.69 Å². The Kier molecular flexibility index (Phi) is 6.00. The summed E-state index contributed by atoms with van der Waals surface area (Å²) in [7, 11) is 0.272. The number of hydrogen-bond acceptors (Lipinski definition) is 1. The zero-order chi connectivity index (χ0) is 14.4. The molecule has 0 spiro atoms. The van der Waals surface area contributed by atoms with Crippen LogP contribution in [0.3, 0.4) is 0 Å². The average molecular weight is 290 g/mol. The maximum atomic E-state index is 11.1. The predicted octanol–water partition coefficient (Wildman–Crippen LogP) is 4.85. The van der Waals surface area contributed by atoms with E-state index in [1.165, 1.54) is 0 Å². The predicted molar refractivity (Wildman–Crippen MR) is 80.7 cm³/mol. The minimum atomic E-state index is 0.231. The van der Waals surface area contributed by atoms with Crippen molar-refractivity contribution in [2.24, 2.45) is 17.8 Å². The van der Waals surface area contributed by atoms with Crippen LogP contribution in [-0.2, 0) is 4.57 Å². The normalized spacial score (nSPS) is 35.9. The van der Waals surface area contributed by atoms with Gasteiger partial charge in [-0.05, 0) is 43.4 Å². The molecule has 2 fully saturated rings. The summed E-state index contributed by atoms with van der Waals surface area (Å²) in [5.41, 5.74) is 0. The number of nitrogens with zero attached hydrogens (tertiary/aromatic N) is 2. The van der Waals surface area contributed by atoms with E-state index in [0.29, 0.717) is 17.8 Å². The van der Waals surface area contributed by atoms with Crippen LogP contribution in [0.4, 0.5) is 0 Å². The molecule has 0 aliphatic heterocycles. The molecule has 3 nitrogen and oxygen atoms in total. The van der Waals surface area contributed by atoms with Gasteiger partial charge in [0.2, 0.25) is 12.1 Å². The van der Waals surface area contributed by atoms with Gasteiger partial charge in [0.25, 0.3) is 0 Å². The maximum absolute atomic E-state index is 11.1. The van der Waals surface area contributed by atoms with E-state index in [0.717, 1.165) is 57.5 Å². The number of rotatable bonds is 4. The highest BCUT2D eigenvalue weighted by Gasteiger charge is 2.36. The molecule has 0 unspecified atom stereocenters. The van der Waals surface area contributed by atoms with Crippen LogP contribution >= 0.6 is 8.46 Å². The van der Waals surface area contributed by atoms with Crippen LogP contribution in [0.1, 0.15) is 51.4 Å². The van der Waals surface area contributed by atoms with Crippen molar-refractivity contribution in [3.63, 3.8) is 0 Å². The second kappa shape index (κ2) is 7.75. The molecule has 2 rings (SSSR count). The lowest BCUT2D eigenvalue weighted by atomic mass is 9.69. The molecule has 4 heteroatoms. The average Bonchev–Trinajstić information content (AvgIpc) is 2.53. The summed E-state index contributed by atoms with van der Waals surface area (Å²) >= 11 is 0. The van der Waals surface area contributed by atoms with Crippen LogP contribution in [0.25, 0.3) is 9.69 Å². The van der Waals surface area contributed by atoms with Gasteiger partial charge in [-0.25, -0.2) is 13.1 Å². The van der Waals surface area contributed by atoms with Gasteiger partial charge in [0, 0.05) is 31.8 Å². The molecular formula is C16H23N2OP. The molecule has 0 atom stereocenters. The Hall–Kier alpha value is -0.920. The fourth-order valence-electron chi connectivity index (χ4n) is 4.09. The van der Waals surface area contributed by atoms with Gasteiger partial charge >= 0.3 is 0 Å². The van der Waals surface area contributed by atoms with Gasteiger partial charge in [-0.1, -0.05) is 0 Å². The van der Waals surface area contributed by atoms with Gasteiger partial charge in [0.1, 0.15) is 0 Å². The third kappa shape index (κ3) is 3.80. The van der Waals surface area contributed by atoms with Crippen molar-refractivity contribution in [2.45, 2.75) is 63.5 Å². The molecule has 0 bridgehead atoms. The van der Waals surface area contributed by atoms with Gasteiger partial charge in [0.15, 0.2) is 8.46 Å². The molecule has 0 saturated heterocycles. The molecule has 0 aromatic rings. The van der Waals surface area contributed by atoms with E-state index in [9.17, 15) is 4.57 Å². The fraction of sp³-hybridized carbons (Fsp3) is 0.875. The second-order valence-electron chi connectivity index (χ2n) is 6.37. The van der Waals surface area contributed by atoms with Gasteiger partial charge in [-0.3, -0.25) is 4.57 Å². The maximum Gasteiger partial charge on any atom is 0.223 e. The zero-order valence-electron chi connectivity index (χ0n) is 12.0. The van der Waals surface area contributed by atoms with Crippen LogP contribution in [0.15, 0.2) is 0 Å². The van der Waals surface area contributed by atoms with E-state index in [2.05, 4.69) is 9.69 Å². The van der Waals surface area contributed by atoms with E-state index in [4.69, 9.17) is 13.1 Å². The Bertz CT molecular complexity index is 362. The van der Waals surface area contributed by atoms with Crippen LogP contribution in [0.5, 0.6) is 0 Å². The van der Waals surface area contributed by atoms with E-state index in [1.807, 2.05) is 0 Å². The molecule has 0 heterocycles. The molecule has 2 aliphatic rings. The highest BCUT2D eigenvalue weighted by atomic mass is 31.1. The smallest absolute Gasteiger partial charge is 0.223 e. The van der Waals surface area contributed by atoms with Crippen LogP contribution in [0.2, 0.25) is 0 Å². The highest BCUT2D eigenvalue weighted by molar-refractivity contribution is 7.23. The standard InChI is InChI=1S/C16H23N2OP/c1-17-14-7-3-12(4-8-14)16(11-20-19)13-5-9-15(18-2)10-6-13/h12-16H,3-11H2. The van der Waals surface area contributed by atoms with Crippen molar-refractivity contribution < 1.29 is 4.57 Å². The lowest BCUT2D eigenvalue weighted by Crippen LogP contribution is -2.32. The van der Waals surface area contributed by atoms with Crippen LogP contribution in [-0.4, -0.2) is 18.2 Å². The van der Waals surface area contributed by atoms with Crippen LogP contribution < -0.4 is 0 Å². The summed E-state index contributed by atoms with van der Waals surface area (Å²) in [6.45, 7) is 14.3. The second-order valence-corrected chi connectivity index (χ2v) is 6.99. The van der Waals surface area contributed by atoms with Gasteiger partial charge in [-0.15, -0.1) is 0 Å². The van der Waals surface area contributed by atoms with Crippen molar-refractivity contribution in [1.29, 1.82) is 0 Å². The zero-order valence-corrected chi connectivity index (χ0v) is 12.9. The van der Waals surface area contributed by atoms with Crippen molar-refractivity contribution in [3.05, 3.63) is 22.8 Å². The number of hydrogen-bond donors (Lipinski definition) is 0. The summed E-state index contributed by atoms with van der Waals surface area (Å²) < 4.78 is 11.1. The summed E-state index contributed by atoms with van der Waals surface area (Å²) in [5.74, 6) is 1.86. The van der Waals surface area contributed by atoms with Gasteiger partial charge in [0.05, 0.1) is 0 Å². The monoisotopic (exact) mass is 290 g/mol. The van der Waals surface area contributed by atoms with E-state index in [1.54, 1.807) is 0 Å². The lowest BCUT2D eigenvalue weighted by Gasteiger charge is -2.36. The molecule has 0 amide bonds. The summed E-state index contributed by atoms with van der Waals surface area (Å²) in [5, 5.41) is 0. The first-order valence-electron chi connectivity index (χ1n) is 7.80. The van der Waals surface area contributed by atoms with Crippen molar-refractivity contribution >= 4 is 8.46 Å². The van der Waals surface area contributed by atoms with E-state index >= 15 is 0 Å². The third-order valence-corrected chi connectivity index (χ3v) is 5.91. The third-order valence-electron chi connectivity index (χ3n) is 5.34. The molecule has 108 valence electrons. The first-order chi connectivity index (χ1) is 9.78.